The van der Waals surface area contributed by atoms with Crippen molar-refractivity contribution >= 4 is 8.60 Å². The normalized spacial score (nSPS) is 17.0. The van der Waals surface area contributed by atoms with E-state index in [4.69, 9.17) is 13.6 Å². The first kappa shape index (κ1) is 28.3. The SMILES string of the molecule is C[C@H](CCC(C)(C)C)OP(O[C@H](C)CCC(C)(C)C)O[C@@H](C)CCC(C)(C)C. The summed E-state index contributed by atoms with van der Waals surface area (Å²) in [6.45, 7) is 26.9. The molecule has 0 aromatic carbocycles. The maximum absolute atomic E-state index is 6.27. The fourth-order valence-electron chi connectivity index (χ4n) is 2.58. The van der Waals surface area contributed by atoms with Crippen molar-refractivity contribution in [1.82, 2.24) is 0 Å². The molecular formula is C24H51O3P. The average molecular weight is 419 g/mol. The molecule has 0 saturated heterocycles. The lowest BCUT2D eigenvalue weighted by Gasteiger charge is -2.29. The molecule has 3 nitrogen and oxygen atoms in total. The van der Waals surface area contributed by atoms with Crippen molar-refractivity contribution in [3.05, 3.63) is 0 Å². The molecule has 0 fully saturated rings. The Kier molecular flexibility index (Phi) is 12.4. The minimum absolute atomic E-state index is 0.148. The van der Waals surface area contributed by atoms with E-state index in [0.29, 0.717) is 16.2 Å². The van der Waals surface area contributed by atoms with Gasteiger partial charge >= 0.3 is 8.60 Å². The van der Waals surface area contributed by atoms with Crippen molar-refractivity contribution < 1.29 is 13.6 Å². The predicted molar refractivity (Wildman–Crippen MR) is 125 cm³/mol. The molecule has 0 rings (SSSR count). The van der Waals surface area contributed by atoms with Gasteiger partial charge in [0, 0.05) is 0 Å². The fourth-order valence-corrected chi connectivity index (χ4v) is 3.93. The van der Waals surface area contributed by atoms with Gasteiger partial charge in [0.15, 0.2) is 0 Å². The quantitative estimate of drug-likeness (QED) is 0.296. The molecule has 0 aliphatic carbocycles. The molecule has 0 bridgehead atoms. The van der Waals surface area contributed by atoms with Crippen molar-refractivity contribution in [3.63, 3.8) is 0 Å². The molecule has 0 spiro atoms. The minimum Gasteiger partial charge on any atom is -0.309 e. The van der Waals surface area contributed by atoms with Crippen molar-refractivity contribution in [2.75, 3.05) is 0 Å². The van der Waals surface area contributed by atoms with E-state index in [-0.39, 0.29) is 18.3 Å². The molecule has 170 valence electrons. The van der Waals surface area contributed by atoms with Crippen molar-refractivity contribution in [2.24, 2.45) is 16.2 Å². The number of rotatable bonds is 12. The van der Waals surface area contributed by atoms with Crippen LogP contribution in [0.5, 0.6) is 0 Å². The summed E-state index contributed by atoms with van der Waals surface area (Å²) in [6.07, 6.45) is 6.94. The molecular weight excluding hydrogens is 367 g/mol. The van der Waals surface area contributed by atoms with Crippen LogP contribution in [0.1, 0.15) is 122 Å². The highest BCUT2D eigenvalue weighted by Gasteiger charge is 2.25. The Balaban J connectivity index is 4.75. The van der Waals surface area contributed by atoms with E-state index in [1.807, 2.05) is 0 Å². The summed E-state index contributed by atoms with van der Waals surface area (Å²) in [6, 6.07) is 0. The third-order valence-corrected chi connectivity index (χ3v) is 6.30. The lowest BCUT2D eigenvalue weighted by molar-refractivity contribution is 0.0627. The third-order valence-electron chi connectivity index (χ3n) is 4.70. The fraction of sp³-hybridized carbons (Fsp3) is 1.00. The van der Waals surface area contributed by atoms with Crippen LogP contribution in [0.2, 0.25) is 0 Å². The van der Waals surface area contributed by atoms with Crippen LogP contribution >= 0.6 is 8.60 Å². The maximum atomic E-state index is 6.27. The standard InChI is InChI=1S/C24H51O3P/c1-19(13-16-22(4,5)6)25-28(26-20(2)14-17-23(7,8)9)27-21(3)15-18-24(10,11)12/h19-21H,13-18H2,1-12H3/t19-,20-,21+/m1/s1. The van der Waals surface area contributed by atoms with Crippen LogP contribution in [0.15, 0.2) is 0 Å². The van der Waals surface area contributed by atoms with Crippen molar-refractivity contribution in [2.45, 2.75) is 140 Å². The molecule has 0 radical (unpaired) electrons. The molecule has 28 heavy (non-hydrogen) atoms. The Morgan fingerprint density at radius 3 is 0.893 bits per heavy atom. The minimum atomic E-state index is -1.32. The van der Waals surface area contributed by atoms with E-state index < -0.39 is 8.60 Å². The summed E-state index contributed by atoms with van der Waals surface area (Å²) < 4.78 is 18.8. The molecule has 3 atom stereocenters. The van der Waals surface area contributed by atoms with Crippen LogP contribution in [0.3, 0.4) is 0 Å². The van der Waals surface area contributed by atoms with Crippen LogP contribution in [0, 0.1) is 16.2 Å². The van der Waals surface area contributed by atoms with Gasteiger partial charge in [-0.05, 0) is 75.5 Å². The molecule has 0 amide bonds. The Morgan fingerprint density at radius 1 is 0.500 bits per heavy atom. The lowest BCUT2D eigenvalue weighted by atomic mass is 9.89. The monoisotopic (exact) mass is 418 g/mol. The molecule has 0 aliphatic heterocycles. The Hall–Kier alpha value is 0.310. The average Bonchev–Trinajstić information content (AvgIpc) is 2.47. The van der Waals surface area contributed by atoms with Gasteiger partial charge in [0.2, 0.25) is 0 Å². The van der Waals surface area contributed by atoms with Gasteiger partial charge in [0.25, 0.3) is 0 Å². The predicted octanol–water partition coefficient (Wildman–Crippen LogP) is 8.91. The largest absolute Gasteiger partial charge is 0.333 e. The molecule has 0 saturated carbocycles. The lowest BCUT2D eigenvalue weighted by Crippen LogP contribution is -2.18. The van der Waals surface area contributed by atoms with E-state index in [2.05, 4.69) is 83.1 Å². The molecule has 0 unspecified atom stereocenters. The number of hydrogen-bond acceptors (Lipinski definition) is 3. The highest BCUT2D eigenvalue weighted by Crippen LogP contribution is 2.46. The van der Waals surface area contributed by atoms with Crippen molar-refractivity contribution in [1.29, 1.82) is 0 Å². The molecule has 4 heteroatoms. The van der Waals surface area contributed by atoms with Crippen LogP contribution in [0.25, 0.3) is 0 Å². The second kappa shape index (κ2) is 12.2. The summed E-state index contributed by atoms with van der Waals surface area (Å²) in [5.41, 5.74) is 0.965. The Labute approximate surface area is 178 Å². The van der Waals surface area contributed by atoms with Gasteiger partial charge in [-0.1, -0.05) is 62.3 Å². The highest BCUT2D eigenvalue weighted by molar-refractivity contribution is 7.41. The van der Waals surface area contributed by atoms with Gasteiger partial charge in [-0.25, -0.2) is 0 Å². The van der Waals surface area contributed by atoms with Crippen LogP contribution in [0.4, 0.5) is 0 Å². The summed E-state index contributed by atoms with van der Waals surface area (Å²) in [5.74, 6) is 0. The number of hydrogen-bond donors (Lipinski definition) is 0. The highest BCUT2D eigenvalue weighted by atomic mass is 31.2. The first-order valence-corrected chi connectivity index (χ1v) is 12.4. The summed E-state index contributed by atoms with van der Waals surface area (Å²) >= 11 is 0. The molecule has 0 aliphatic rings. The van der Waals surface area contributed by atoms with E-state index in [1.54, 1.807) is 0 Å². The van der Waals surface area contributed by atoms with E-state index >= 15 is 0 Å². The van der Waals surface area contributed by atoms with Crippen molar-refractivity contribution in [3.8, 4) is 0 Å². The van der Waals surface area contributed by atoms with Gasteiger partial charge in [0.05, 0.1) is 18.3 Å². The summed E-state index contributed by atoms with van der Waals surface area (Å²) in [4.78, 5) is 0. The zero-order chi connectivity index (χ0) is 22.2. The Morgan fingerprint density at radius 2 is 0.714 bits per heavy atom. The molecule has 0 aromatic heterocycles. The smallest absolute Gasteiger partial charge is 0.309 e. The summed E-state index contributed by atoms with van der Waals surface area (Å²) in [5, 5.41) is 0. The summed E-state index contributed by atoms with van der Waals surface area (Å²) in [7, 11) is -1.32. The second-order valence-corrected chi connectivity index (χ2v) is 13.3. The van der Waals surface area contributed by atoms with Crippen LogP contribution in [-0.2, 0) is 13.6 Å². The first-order valence-electron chi connectivity index (χ1n) is 11.3. The van der Waals surface area contributed by atoms with Crippen LogP contribution < -0.4 is 0 Å². The van der Waals surface area contributed by atoms with Gasteiger partial charge in [0.1, 0.15) is 0 Å². The van der Waals surface area contributed by atoms with E-state index in [0.717, 1.165) is 38.5 Å². The Bertz CT molecular complexity index is 342. The van der Waals surface area contributed by atoms with E-state index in [9.17, 15) is 0 Å². The van der Waals surface area contributed by atoms with Gasteiger partial charge in [-0.2, -0.15) is 0 Å². The first-order chi connectivity index (χ1) is 12.5. The van der Waals surface area contributed by atoms with Gasteiger partial charge in [-0.15, -0.1) is 0 Å². The third kappa shape index (κ3) is 18.3. The van der Waals surface area contributed by atoms with Crippen LogP contribution in [-0.4, -0.2) is 18.3 Å². The zero-order valence-electron chi connectivity index (χ0n) is 21.1. The van der Waals surface area contributed by atoms with Gasteiger partial charge in [-0.3, -0.25) is 0 Å². The molecule has 0 aromatic rings. The molecule has 0 heterocycles. The zero-order valence-corrected chi connectivity index (χ0v) is 22.0. The maximum Gasteiger partial charge on any atom is 0.333 e. The second-order valence-electron chi connectivity index (χ2n) is 12.3. The van der Waals surface area contributed by atoms with Gasteiger partial charge < -0.3 is 13.6 Å². The topological polar surface area (TPSA) is 27.7 Å². The van der Waals surface area contributed by atoms with E-state index in [1.165, 1.54) is 0 Å². The molecule has 0 N–H and O–H groups in total.